The average molecular weight is 299 g/mol. The van der Waals surface area contributed by atoms with Gasteiger partial charge in [0.1, 0.15) is 5.75 Å². The van der Waals surface area contributed by atoms with E-state index in [0.717, 1.165) is 38.4 Å². The van der Waals surface area contributed by atoms with E-state index < -0.39 is 0 Å². The van der Waals surface area contributed by atoms with Gasteiger partial charge in [-0.1, -0.05) is 23.7 Å². The van der Waals surface area contributed by atoms with Crippen molar-refractivity contribution in [3.05, 3.63) is 28.8 Å². The van der Waals surface area contributed by atoms with Crippen LogP contribution in [0.2, 0.25) is 5.02 Å². The number of benzene rings is 1. The summed E-state index contributed by atoms with van der Waals surface area (Å²) in [5.74, 6) is 0.172. The molecule has 0 saturated carbocycles. The van der Waals surface area contributed by atoms with Crippen LogP contribution in [0.25, 0.3) is 0 Å². The van der Waals surface area contributed by atoms with Crippen LogP contribution in [-0.4, -0.2) is 48.4 Å². The van der Waals surface area contributed by atoms with Crippen LogP contribution < -0.4 is 5.32 Å². The molecule has 5 heteroatoms. The highest BCUT2D eigenvalue weighted by atomic mass is 35.5. The molecule has 1 aromatic rings. The lowest BCUT2D eigenvalue weighted by atomic mass is 10.0. The zero-order valence-corrected chi connectivity index (χ0v) is 12.9. The SMILES string of the molecule is CC(C)(CNCc1cccc(Cl)c1O)N1CCOCC1. The molecule has 0 amide bonds. The van der Waals surface area contributed by atoms with E-state index >= 15 is 0 Å². The molecule has 1 heterocycles. The Bertz CT molecular complexity index is 445. The molecule has 1 aliphatic rings. The van der Waals surface area contributed by atoms with Gasteiger partial charge in [-0.3, -0.25) is 4.90 Å². The van der Waals surface area contributed by atoms with E-state index in [1.54, 1.807) is 6.07 Å². The minimum Gasteiger partial charge on any atom is -0.506 e. The van der Waals surface area contributed by atoms with Crippen LogP contribution in [0.5, 0.6) is 5.75 Å². The van der Waals surface area contributed by atoms with E-state index in [0.29, 0.717) is 11.6 Å². The Morgan fingerprint density at radius 3 is 2.75 bits per heavy atom. The molecule has 2 rings (SSSR count). The molecule has 1 saturated heterocycles. The highest BCUT2D eigenvalue weighted by molar-refractivity contribution is 6.32. The van der Waals surface area contributed by atoms with Gasteiger partial charge in [0.25, 0.3) is 0 Å². The first-order valence-corrected chi connectivity index (χ1v) is 7.38. The zero-order valence-electron chi connectivity index (χ0n) is 12.2. The fourth-order valence-corrected chi connectivity index (χ4v) is 2.68. The maximum Gasteiger partial charge on any atom is 0.138 e. The first kappa shape index (κ1) is 15.6. The van der Waals surface area contributed by atoms with Crippen molar-refractivity contribution in [1.29, 1.82) is 0 Å². The summed E-state index contributed by atoms with van der Waals surface area (Å²) in [6.45, 7) is 9.45. The number of rotatable bonds is 5. The Morgan fingerprint density at radius 1 is 1.35 bits per heavy atom. The molecule has 0 aliphatic carbocycles. The quantitative estimate of drug-likeness (QED) is 0.875. The first-order valence-electron chi connectivity index (χ1n) is 7.00. The second kappa shape index (κ2) is 6.76. The van der Waals surface area contributed by atoms with Gasteiger partial charge in [-0.05, 0) is 19.9 Å². The Kier molecular flexibility index (Phi) is 5.27. The summed E-state index contributed by atoms with van der Waals surface area (Å²) in [5, 5.41) is 13.7. The number of para-hydroxylation sites is 1. The van der Waals surface area contributed by atoms with Crippen molar-refractivity contribution in [2.75, 3.05) is 32.8 Å². The average Bonchev–Trinajstić information content (AvgIpc) is 2.44. The van der Waals surface area contributed by atoms with Crippen LogP contribution in [-0.2, 0) is 11.3 Å². The van der Waals surface area contributed by atoms with Crippen molar-refractivity contribution in [3.63, 3.8) is 0 Å². The number of ether oxygens (including phenoxy) is 1. The molecule has 20 heavy (non-hydrogen) atoms. The van der Waals surface area contributed by atoms with Gasteiger partial charge in [-0.15, -0.1) is 0 Å². The van der Waals surface area contributed by atoms with Gasteiger partial charge >= 0.3 is 0 Å². The standard InChI is InChI=1S/C15H23ClN2O2/c1-15(2,18-6-8-20-9-7-18)11-17-10-12-4-3-5-13(16)14(12)19/h3-5,17,19H,6-11H2,1-2H3. The van der Waals surface area contributed by atoms with E-state index in [1.807, 2.05) is 12.1 Å². The lowest BCUT2D eigenvalue weighted by molar-refractivity contribution is -0.00967. The van der Waals surface area contributed by atoms with Crippen molar-refractivity contribution in [1.82, 2.24) is 10.2 Å². The smallest absolute Gasteiger partial charge is 0.138 e. The van der Waals surface area contributed by atoms with Crippen molar-refractivity contribution in [2.45, 2.75) is 25.9 Å². The second-order valence-electron chi connectivity index (χ2n) is 5.76. The van der Waals surface area contributed by atoms with E-state index in [9.17, 15) is 5.11 Å². The van der Waals surface area contributed by atoms with Gasteiger partial charge in [0.05, 0.1) is 18.2 Å². The number of hydrogen-bond donors (Lipinski definition) is 2. The summed E-state index contributed by atoms with van der Waals surface area (Å²) in [6, 6.07) is 5.43. The fourth-order valence-electron chi connectivity index (χ4n) is 2.49. The molecule has 0 bridgehead atoms. The number of morpholine rings is 1. The van der Waals surface area contributed by atoms with Crippen LogP contribution in [0.1, 0.15) is 19.4 Å². The summed E-state index contributed by atoms with van der Waals surface area (Å²) < 4.78 is 5.39. The predicted molar refractivity (Wildman–Crippen MR) is 81.3 cm³/mol. The minimum atomic E-state index is 0.0674. The third-order valence-electron chi connectivity index (χ3n) is 3.81. The maximum absolute atomic E-state index is 9.88. The number of nitrogens with one attached hydrogen (secondary N) is 1. The third kappa shape index (κ3) is 3.85. The lowest BCUT2D eigenvalue weighted by Gasteiger charge is -2.41. The molecule has 0 spiro atoms. The summed E-state index contributed by atoms with van der Waals surface area (Å²) in [6.07, 6.45) is 0. The third-order valence-corrected chi connectivity index (χ3v) is 4.12. The number of aromatic hydroxyl groups is 1. The van der Waals surface area contributed by atoms with Gasteiger partial charge in [0, 0.05) is 37.3 Å². The molecule has 0 atom stereocenters. The van der Waals surface area contributed by atoms with Crippen LogP contribution in [0.15, 0.2) is 18.2 Å². The summed E-state index contributed by atoms with van der Waals surface area (Å²) in [7, 11) is 0. The lowest BCUT2D eigenvalue weighted by Crippen LogP contribution is -2.54. The van der Waals surface area contributed by atoms with Crippen molar-refractivity contribution in [3.8, 4) is 5.75 Å². The Balaban J connectivity index is 1.86. The largest absolute Gasteiger partial charge is 0.506 e. The van der Waals surface area contributed by atoms with Crippen LogP contribution in [0.3, 0.4) is 0 Å². The molecule has 0 radical (unpaired) electrons. The van der Waals surface area contributed by atoms with E-state index in [1.165, 1.54) is 0 Å². The molecule has 0 aromatic heterocycles. The molecule has 1 aromatic carbocycles. The van der Waals surface area contributed by atoms with Gasteiger partial charge in [-0.2, -0.15) is 0 Å². The molecular formula is C15H23ClN2O2. The van der Waals surface area contributed by atoms with Gasteiger partial charge in [0.15, 0.2) is 0 Å². The molecule has 0 unspecified atom stereocenters. The topological polar surface area (TPSA) is 44.7 Å². The molecule has 4 nitrogen and oxygen atoms in total. The first-order chi connectivity index (χ1) is 9.50. The Labute approximate surface area is 125 Å². The normalized spacial score (nSPS) is 17.4. The molecule has 1 fully saturated rings. The molecule has 1 aliphatic heterocycles. The van der Waals surface area contributed by atoms with Crippen molar-refractivity contribution < 1.29 is 9.84 Å². The Morgan fingerprint density at radius 2 is 2.05 bits per heavy atom. The van der Waals surface area contributed by atoms with Crippen molar-refractivity contribution >= 4 is 11.6 Å². The van der Waals surface area contributed by atoms with Crippen LogP contribution in [0.4, 0.5) is 0 Å². The number of phenolic OH excluding ortho intramolecular Hbond substituents is 1. The number of nitrogens with zero attached hydrogens (tertiary/aromatic N) is 1. The van der Waals surface area contributed by atoms with E-state index in [4.69, 9.17) is 16.3 Å². The van der Waals surface area contributed by atoms with Gasteiger partial charge < -0.3 is 15.2 Å². The molecule has 112 valence electrons. The highest BCUT2D eigenvalue weighted by Crippen LogP contribution is 2.26. The summed E-state index contributed by atoms with van der Waals surface area (Å²) in [4.78, 5) is 2.43. The van der Waals surface area contributed by atoms with E-state index in [-0.39, 0.29) is 11.3 Å². The minimum absolute atomic E-state index is 0.0674. The highest BCUT2D eigenvalue weighted by Gasteiger charge is 2.27. The maximum atomic E-state index is 9.88. The Hall–Kier alpha value is -0.810. The number of phenols is 1. The molecular weight excluding hydrogens is 276 g/mol. The number of halogens is 1. The summed E-state index contributed by atoms with van der Waals surface area (Å²) >= 11 is 5.90. The van der Waals surface area contributed by atoms with E-state index in [2.05, 4.69) is 24.1 Å². The zero-order chi connectivity index (χ0) is 14.6. The summed E-state index contributed by atoms with van der Waals surface area (Å²) in [5.41, 5.74) is 0.896. The molecule has 2 N–H and O–H groups in total. The monoisotopic (exact) mass is 298 g/mol. The fraction of sp³-hybridized carbons (Fsp3) is 0.600. The van der Waals surface area contributed by atoms with Gasteiger partial charge in [0.2, 0.25) is 0 Å². The second-order valence-corrected chi connectivity index (χ2v) is 6.17. The van der Waals surface area contributed by atoms with Crippen LogP contribution in [0, 0.1) is 0 Å². The van der Waals surface area contributed by atoms with Crippen LogP contribution >= 0.6 is 11.6 Å². The number of hydrogen-bond acceptors (Lipinski definition) is 4. The predicted octanol–water partition coefficient (Wildman–Crippen LogP) is 2.25. The van der Waals surface area contributed by atoms with Crippen molar-refractivity contribution in [2.24, 2.45) is 0 Å². The van der Waals surface area contributed by atoms with Gasteiger partial charge in [-0.25, -0.2) is 0 Å².